The lowest BCUT2D eigenvalue weighted by Crippen LogP contribution is -2.05. The summed E-state index contributed by atoms with van der Waals surface area (Å²) < 4.78 is 4.90. The Hall–Kier alpha value is -1.38. The number of carbonyl (C=O) groups excluding carboxylic acids is 2. The Morgan fingerprint density at radius 2 is 2.08 bits per heavy atom. The molecule has 70 valence electrons. The van der Waals surface area contributed by atoms with Crippen molar-refractivity contribution >= 4 is 11.8 Å². The van der Waals surface area contributed by atoms with Gasteiger partial charge >= 0.3 is 5.97 Å². The minimum Gasteiger partial charge on any atom is -0.431 e. The minimum absolute atomic E-state index is 0.00403. The Labute approximate surface area is 77.1 Å². The molecule has 0 radical (unpaired) electrons. The molecule has 0 fully saturated rings. The summed E-state index contributed by atoms with van der Waals surface area (Å²) >= 11 is 0. The SMILES string of the molecule is CC(=O)OC1=CC(C(C)=O)=CCC1. The molecule has 3 heteroatoms. The van der Waals surface area contributed by atoms with E-state index in [-0.39, 0.29) is 11.8 Å². The van der Waals surface area contributed by atoms with Crippen molar-refractivity contribution in [3.63, 3.8) is 0 Å². The van der Waals surface area contributed by atoms with Crippen LogP contribution in [-0.4, -0.2) is 11.8 Å². The summed E-state index contributed by atoms with van der Waals surface area (Å²) in [5.74, 6) is 0.251. The van der Waals surface area contributed by atoms with Crippen molar-refractivity contribution in [1.29, 1.82) is 0 Å². The smallest absolute Gasteiger partial charge is 0.307 e. The second kappa shape index (κ2) is 4.03. The predicted octanol–water partition coefficient (Wildman–Crippen LogP) is 1.74. The quantitative estimate of drug-likeness (QED) is 0.608. The van der Waals surface area contributed by atoms with Gasteiger partial charge in [0.05, 0.1) is 0 Å². The number of rotatable bonds is 2. The average Bonchev–Trinajstić information content (AvgIpc) is 2.03. The maximum absolute atomic E-state index is 11.0. The van der Waals surface area contributed by atoms with Crippen molar-refractivity contribution < 1.29 is 14.3 Å². The number of esters is 1. The first kappa shape index (κ1) is 9.71. The summed E-state index contributed by atoms with van der Waals surface area (Å²) in [5, 5.41) is 0. The first-order chi connectivity index (χ1) is 6.09. The molecule has 0 unspecified atom stereocenters. The molecule has 0 aromatic rings. The molecule has 0 aromatic heterocycles. The summed E-state index contributed by atoms with van der Waals surface area (Å²) in [4.78, 5) is 21.6. The third kappa shape index (κ3) is 2.86. The maximum Gasteiger partial charge on any atom is 0.307 e. The van der Waals surface area contributed by atoms with Crippen LogP contribution in [0.2, 0.25) is 0 Å². The Balaban J connectivity index is 2.72. The van der Waals surface area contributed by atoms with Crippen LogP contribution in [0.3, 0.4) is 0 Å². The molecular formula is C10H12O3. The van der Waals surface area contributed by atoms with E-state index in [1.54, 1.807) is 6.08 Å². The number of hydrogen-bond donors (Lipinski definition) is 0. The van der Waals surface area contributed by atoms with Gasteiger partial charge in [-0.3, -0.25) is 9.59 Å². The van der Waals surface area contributed by atoms with Gasteiger partial charge in [-0.15, -0.1) is 0 Å². The molecule has 13 heavy (non-hydrogen) atoms. The monoisotopic (exact) mass is 180 g/mol. The third-order valence-corrected chi connectivity index (χ3v) is 1.75. The molecular weight excluding hydrogens is 168 g/mol. The molecule has 0 atom stereocenters. The highest BCUT2D eigenvalue weighted by Crippen LogP contribution is 2.18. The summed E-state index contributed by atoms with van der Waals surface area (Å²) in [7, 11) is 0. The summed E-state index contributed by atoms with van der Waals surface area (Å²) in [6.45, 7) is 2.85. The van der Waals surface area contributed by atoms with E-state index in [1.165, 1.54) is 13.8 Å². The van der Waals surface area contributed by atoms with E-state index < -0.39 is 0 Å². The zero-order valence-electron chi connectivity index (χ0n) is 7.79. The van der Waals surface area contributed by atoms with Crippen LogP contribution in [0.15, 0.2) is 23.5 Å². The molecule has 0 spiro atoms. The fraction of sp³-hybridized carbons (Fsp3) is 0.400. The maximum atomic E-state index is 11.0. The second-order valence-electron chi connectivity index (χ2n) is 2.96. The largest absolute Gasteiger partial charge is 0.431 e. The lowest BCUT2D eigenvalue weighted by atomic mass is 10.0. The van der Waals surface area contributed by atoms with Crippen LogP contribution < -0.4 is 0 Å². The predicted molar refractivity (Wildman–Crippen MR) is 47.8 cm³/mol. The number of ether oxygens (including phenoxy) is 1. The molecule has 0 aliphatic heterocycles. The van der Waals surface area contributed by atoms with E-state index >= 15 is 0 Å². The molecule has 0 aromatic carbocycles. The van der Waals surface area contributed by atoms with Crippen LogP contribution in [0.1, 0.15) is 26.7 Å². The number of hydrogen-bond acceptors (Lipinski definition) is 3. The van der Waals surface area contributed by atoms with Crippen LogP contribution in [0.5, 0.6) is 0 Å². The lowest BCUT2D eigenvalue weighted by molar-refractivity contribution is -0.137. The zero-order chi connectivity index (χ0) is 9.84. The zero-order valence-corrected chi connectivity index (χ0v) is 7.79. The van der Waals surface area contributed by atoms with Gasteiger partial charge in [-0.1, -0.05) is 6.08 Å². The molecule has 1 aliphatic rings. The van der Waals surface area contributed by atoms with E-state index in [4.69, 9.17) is 4.74 Å². The lowest BCUT2D eigenvalue weighted by Gasteiger charge is -2.10. The normalized spacial score (nSPS) is 15.8. The van der Waals surface area contributed by atoms with Crippen molar-refractivity contribution in [1.82, 2.24) is 0 Å². The van der Waals surface area contributed by atoms with E-state index in [0.717, 1.165) is 6.42 Å². The van der Waals surface area contributed by atoms with E-state index in [9.17, 15) is 9.59 Å². The molecule has 0 amide bonds. The highest BCUT2D eigenvalue weighted by Gasteiger charge is 2.10. The van der Waals surface area contributed by atoms with Crippen LogP contribution in [0, 0.1) is 0 Å². The van der Waals surface area contributed by atoms with Crippen LogP contribution in [-0.2, 0) is 14.3 Å². The van der Waals surface area contributed by atoms with Crippen molar-refractivity contribution in [2.45, 2.75) is 26.7 Å². The topological polar surface area (TPSA) is 43.4 Å². The molecule has 1 rings (SSSR count). The average molecular weight is 180 g/mol. The van der Waals surface area contributed by atoms with E-state index in [0.29, 0.717) is 17.8 Å². The molecule has 0 heterocycles. The van der Waals surface area contributed by atoms with Crippen molar-refractivity contribution in [3.05, 3.63) is 23.5 Å². The van der Waals surface area contributed by atoms with E-state index in [2.05, 4.69) is 0 Å². The Kier molecular flexibility index (Phi) is 3.01. The third-order valence-electron chi connectivity index (χ3n) is 1.75. The van der Waals surface area contributed by atoms with Crippen molar-refractivity contribution in [3.8, 4) is 0 Å². The van der Waals surface area contributed by atoms with Gasteiger partial charge in [0.15, 0.2) is 5.78 Å². The summed E-state index contributed by atoms with van der Waals surface area (Å²) in [6.07, 6.45) is 4.94. The number of allylic oxidation sites excluding steroid dienone is 4. The van der Waals surface area contributed by atoms with Gasteiger partial charge in [0.2, 0.25) is 0 Å². The van der Waals surface area contributed by atoms with Gasteiger partial charge in [-0.25, -0.2) is 0 Å². The highest BCUT2D eigenvalue weighted by molar-refractivity contribution is 5.96. The Morgan fingerprint density at radius 3 is 2.62 bits per heavy atom. The van der Waals surface area contributed by atoms with Gasteiger partial charge in [0.25, 0.3) is 0 Å². The van der Waals surface area contributed by atoms with Crippen molar-refractivity contribution in [2.24, 2.45) is 0 Å². The van der Waals surface area contributed by atoms with E-state index in [1.807, 2.05) is 6.08 Å². The molecule has 0 bridgehead atoms. The van der Waals surface area contributed by atoms with Gasteiger partial charge in [-0.2, -0.15) is 0 Å². The van der Waals surface area contributed by atoms with Crippen molar-refractivity contribution in [2.75, 3.05) is 0 Å². The standard InChI is InChI=1S/C10H12O3/c1-7(11)9-4-3-5-10(6-9)13-8(2)12/h4,6H,3,5H2,1-2H3. The summed E-state index contributed by atoms with van der Waals surface area (Å²) in [6, 6.07) is 0. The minimum atomic E-state index is -0.337. The van der Waals surface area contributed by atoms with Gasteiger partial charge < -0.3 is 4.74 Å². The first-order valence-electron chi connectivity index (χ1n) is 4.19. The first-order valence-corrected chi connectivity index (χ1v) is 4.19. The van der Waals surface area contributed by atoms with Crippen LogP contribution in [0.4, 0.5) is 0 Å². The Morgan fingerprint density at radius 1 is 1.38 bits per heavy atom. The molecule has 3 nitrogen and oxygen atoms in total. The van der Waals surface area contributed by atoms with Gasteiger partial charge in [0.1, 0.15) is 5.76 Å². The molecule has 0 saturated heterocycles. The van der Waals surface area contributed by atoms with Crippen LogP contribution >= 0.6 is 0 Å². The van der Waals surface area contributed by atoms with Crippen LogP contribution in [0.25, 0.3) is 0 Å². The summed E-state index contributed by atoms with van der Waals surface area (Å²) in [5.41, 5.74) is 0.627. The molecule has 0 N–H and O–H groups in total. The fourth-order valence-corrected chi connectivity index (χ4v) is 1.18. The number of Topliss-reactive ketones (excluding diaryl/α,β-unsaturated/α-hetero) is 1. The number of ketones is 1. The van der Waals surface area contributed by atoms with Gasteiger partial charge in [0, 0.05) is 18.9 Å². The highest BCUT2D eigenvalue weighted by atomic mass is 16.5. The fourth-order valence-electron chi connectivity index (χ4n) is 1.18. The van der Waals surface area contributed by atoms with Gasteiger partial charge in [-0.05, 0) is 19.4 Å². The molecule has 0 saturated carbocycles. The molecule has 1 aliphatic carbocycles. The Bertz CT molecular complexity index is 297. The number of carbonyl (C=O) groups is 2. The second-order valence-corrected chi connectivity index (χ2v) is 2.96.